The second-order valence-corrected chi connectivity index (χ2v) is 10.5. The van der Waals surface area contributed by atoms with E-state index in [9.17, 15) is 14.4 Å². The number of nitrogens with zero attached hydrogens (tertiary/aromatic N) is 3. The van der Waals surface area contributed by atoms with Crippen molar-refractivity contribution in [2.24, 2.45) is 11.8 Å². The maximum atomic E-state index is 13.2. The summed E-state index contributed by atoms with van der Waals surface area (Å²) in [7, 11) is 1.66. The molecule has 3 aromatic rings. The first-order chi connectivity index (χ1) is 17.9. The van der Waals surface area contributed by atoms with Crippen LogP contribution in [0.4, 0.5) is 4.79 Å². The lowest BCUT2D eigenvalue weighted by Crippen LogP contribution is -2.57. The molecule has 2 aliphatic rings. The van der Waals surface area contributed by atoms with Gasteiger partial charge in [-0.3, -0.25) is 9.59 Å². The standard InChI is InChI=1S/C28H35N5O4/c1-18(2)26(27(35)29-11-13-31-12-10-21-23(31)7-4-8-24(21)37-3)30-28(36)32-15-19-14-20(17-32)22-6-5-9-25(34)33(22)16-19/h4-10,12,18-20,26H,11,13-17H2,1-3H3,(H,29,35)(H,30,36)/t19-,20+,26?/m1/s1. The Morgan fingerprint density at radius 3 is 2.68 bits per heavy atom. The predicted molar refractivity (Wildman–Crippen MR) is 142 cm³/mol. The highest BCUT2D eigenvalue weighted by Crippen LogP contribution is 2.35. The van der Waals surface area contributed by atoms with Gasteiger partial charge in [0, 0.05) is 62.0 Å². The minimum Gasteiger partial charge on any atom is -0.496 e. The normalized spacial score (nSPS) is 19.4. The number of benzene rings is 1. The molecule has 0 radical (unpaired) electrons. The van der Waals surface area contributed by atoms with Crippen LogP contribution in [-0.4, -0.2) is 58.8 Å². The zero-order valence-electron chi connectivity index (χ0n) is 21.6. The largest absolute Gasteiger partial charge is 0.496 e. The Kier molecular flexibility index (Phi) is 6.95. The summed E-state index contributed by atoms with van der Waals surface area (Å²) in [6, 6.07) is 12.4. The average molecular weight is 506 g/mol. The molecule has 3 atom stereocenters. The highest BCUT2D eigenvalue weighted by Gasteiger charge is 2.37. The van der Waals surface area contributed by atoms with Crippen molar-refractivity contribution in [3.8, 4) is 5.75 Å². The molecule has 0 saturated carbocycles. The highest BCUT2D eigenvalue weighted by atomic mass is 16.5. The molecule has 2 aliphatic heterocycles. The molecular weight excluding hydrogens is 470 g/mol. The third kappa shape index (κ3) is 4.95. The van der Waals surface area contributed by atoms with Crippen molar-refractivity contribution in [3.63, 3.8) is 0 Å². The molecule has 1 aromatic carbocycles. The fraction of sp³-hybridized carbons (Fsp3) is 0.464. The van der Waals surface area contributed by atoms with Crippen molar-refractivity contribution in [1.29, 1.82) is 0 Å². The van der Waals surface area contributed by atoms with Crippen molar-refractivity contribution in [2.75, 3.05) is 26.7 Å². The van der Waals surface area contributed by atoms with Gasteiger partial charge < -0.3 is 29.4 Å². The number of urea groups is 1. The molecule has 2 bridgehead atoms. The molecule has 9 heteroatoms. The number of rotatable bonds is 7. The van der Waals surface area contributed by atoms with E-state index in [2.05, 4.69) is 15.2 Å². The van der Waals surface area contributed by atoms with Crippen molar-refractivity contribution in [1.82, 2.24) is 24.7 Å². The van der Waals surface area contributed by atoms with E-state index < -0.39 is 6.04 Å². The molecular formula is C28H35N5O4. The summed E-state index contributed by atoms with van der Waals surface area (Å²) in [5.74, 6) is 0.933. The Morgan fingerprint density at radius 2 is 1.89 bits per heavy atom. The lowest BCUT2D eigenvalue weighted by molar-refractivity contribution is -0.124. The molecule has 3 amide bonds. The van der Waals surface area contributed by atoms with Gasteiger partial charge in [0.2, 0.25) is 5.91 Å². The fourth-order valence-corrected chi connectivity index (χ4v) is 5.80. The number of methoxy groups -OCH3 is 1. The number of carbonyl (C=O) groups excluding carboxylic acids is 2. The number of ether oxygens (including phenoxy) is 1. The van der Waals surface area contributed by atoms with Gasteiger partial charge in [-0.05, 0) is 42.5 Å². The number of carbonyl (C=O) groups is 2. The molecule has 1 unspecified atom stereocenters. The van der Waals surface area contributed by atoms with Gasteiger partial charge in [0.25, 0.3) is 5.56 Å². The van der Waals surface area contributed by atoms with Crippen LogP contribution in [0.1, 0.15) is 31.9 Å². The Bertz CT molecular complexity index is 1360. The lowest BCUT2D eigenvalue weighted by Gasteiger charge is -2.43. The van der Waals surface area contributed by atoms with Crippen LogP contribution in [0.3, 0.4) is 0 Å². The zero-order chi connectivity index (χ0) is 26.1. The SMILES string of the molecule is COc1cccc2c1ccn2CCNC(=O)C(NC(=O)N1C[C@H]2C[C@@H](C1)c1cccc(=O)n1C2)C(C)C. The third-order valence-corrected chi connectivity index (χ3v) is 7.64. The van der Waals surface area contributed by atoms with Crippen LogP contribution in [0.15, 0.2) is 53.5 Å². The Morgan fingerprint density at radius 1 is 1.08 bits per heavy atom. The molecule has 9 nitrogen and oxygen atoms in total. The summed E-state index contributed by atoms with van der Waals surface area (Å²) in [6.07, 6.45) is 2.96. The molecule has 0 aliphatic carbocycles. The van der Waals surface area contributed by atoms with Crippen molar-refractivity contribution < 1.29 is 14.3 Å². The van der Waals surface area contributed by atoms with Crippen LogP contribution < -0.4 is 20.9 Å². The van der Waals surface area contributed by atoms with Crippen LogP contribution in [0, 0.1) is 11.8 Å². The smallest absolute Gasteiger partial charge is 0.318 e. The summed E-state index contributed by atoms with van der Waals surface area (Å²) in [6.45, 7) is 6.67. The first kappa shape index (κ1) is 24.9. The van der Waals surface area contributed by atoms with Gasteiger partial charge in [0.05, 0.1) is 12.6 Å². The number of hydrogen-bond acceptors (Lipinski definition) is 4. The Balaban J connectivity index is 1.19. The highest BCUT2D eigenvalue weighted by molar-refractivity contribution is 5.88. The summed E-state index contributed by atoms with van der Waals surface area (Å²) < 4.78 is 9.36. The number of piperidine rings is 1. The second kappa shape index (κ2) is 10.3. The van der Waals surface area contributed by atoms with Gasteiger partial charge in [-0.2, -0.15) is 0 Å². The molecule has 4 heterocycles. The van der Waals surface area contributed by atoms with Crippen molar-refractivity contribution >= 4 is 22.8 Å². The van der Waals surface area contributed by atoms with Crippen molar-refractivity contribution in [2.45, 2.75) is 45.3 Å². The van der Waals surface area contributed by atoms with E-state index in [4.69, 9.17) is 4.74 Å². The molecule has 37 heavy (non-hydrogen) atoms. The maximum Gasteiger partial charge on any atom is 0.318 e. The second-order valence-electron chi connectivity index (χ2n) is 10.5. The molecule has 1 fully saturated rings. The number of pyridine rings is 1. The van der Waals surface area contributed by atoms with Gasteiger partial charge >= 0.3 is 6.03 Å². The third-order valence-electron chi connectivity index (χ3n) is 7.64. The quantitative estimate of drug-likeness (QED) is 0.516. The van der Waals surface area contributed by atoms with E-state index in [-0.39, 0.29) is 35.3 Å². The number of likely N-dealkylation sites (tertiary alicyclic amines) is 1. The van der Waals surface area contributed by atoms with E-state index in [0.717, 1.165) is 28.8 Å². The molecule has 0 spiro atoms. The van der Waals surface area contributed by atoms with Gasteiger partial charge in [-0.15, -0.1) is 0 Å². The molecule has 196 valence electrons. The lowest BCUT2D eigenvalue weighted by atomic mass is 9.83. The van der Waals surface area contributed by atoms with Gasteiger partial charge in [0.1, 0.15) is 11.8 Å². The number of amides is 3. The van der Waals surface area contributed by atoms with Crippen LogP contribution in [0.2, 0.25) is 0 Å². The first-order valence-electron chi connectivity index (χ1n) is 13.0. The van der Waals surface area contributed by atoms with Gasteiger partial charge in [-0.25, -0.2) is 4.79 Å². The van der Waals surface area contributed by atoms with E-state index in [1.165, 1.54) is 0 Å². The summed E-state index contributed by atoms with van der Waals surface area (Å²) in [5.41, 5.74) is 2.06. The summed E-state index contributed by atoms with van der Waals surface area (Å²) in [5, 5.41) is 7.01. The molecule has 5 rings (SSSR count). The van der Waals surface area contributed by atoms with Crippen molar-refractivity contribution in [3.05, 3.63) is 64.7 Å². The van der Waals surface area contributed by atoms with E-state index in [1.807, 2.05) is 59.8 Å². The minimum absolute atomic E-state index is 0.0219. The minimum atomic E-state index is -0.634. The Labute approximate surface area is 216 Å². The van der Waals surface area contributed by atoms with Crippen LogP contribution in [0.5, 0.6) is 5.75 Å². The Hall–Kier alpha value is -3.75. The number of fused-ring (bicyclic) bond motifs is 5. The first-order valence-corrected chi connectivity index (χ1v) is 13.0. The van der Waals surface area contributed by atoms with Crippen LogP contribution >= 0.6 is 0 Å². The number of aromatic nitrogens is 2. The average Bonchev–Trinajstić information content (AvgIpc) is 3.30. The van der Waals surface area contributed by atoms with Crippen LogP contribution in [0.25, 0.3) is 10.9 Å². The van der Waals surface area contributed by atoms with E-state index in [1.54, 1.807) is 19.2 Å². The molecule has 2 N–H and O–H groups in total. The van der Waals surface area contributed by atoms with Gasteiger partial charge in [0.15, 0.2) is 0 Å². The number of nitrogens with one attached hydrogen (secondary N) is 2. The van der Waals surface area contributed by atoms with E-state index >= 15 is 0 Å². The zero-order valence-corrected chi connectivity index (χ0v) is 21.6. The van der Waals surface area contributed by atoms with Crippen LogP contribution in [-0.2, 0) is 17.9 Å². The van der Waals surface area contributed by atoms with Gasteiger partial charge in [-0.1, -0.05) is 26.0 Å². The monoisotopic (exact) mass is 505 g/mol. The topological polar surface area (TPSA) is 97.6 Å². The molecule has 1 saturated heterocycles. The maximum absolute atomic E-state index is 13.2. The summed E-state index contributed by atoms with van der Waals surface area (Å²) >= 11 is 0. The van der Waals surface area contributed by atoms with E-state index in [0.29, 0.717) is 32.7 Å². The fourth-order valence-electron chi connectivity index (χ4n) is 5.80. The number of hydrogen-bond donors (Lipinski definition) is 2. The molecule has 2 aromatic heterocycles. The summed E-state index contributed by atoms with van der Waals surface area (Å²) in [4.78, 5) is 40.4. The predicted octanol–water partition coefficient (Wildman–Crippen LogP) is 2.78.